The van der Waals surface area contributed by atoms with E-state index in [-0.39, 0.29) is 5.91 Å². The summed E-state index contributed by atoms with van der Waals surface area (Å²) in [6, 6.07) is 11.0. The van der Waals surface area contributed by atoms with Crippen molar-refractivity contribution >= 4 is 23.5 Å². The minimum Gasteiger partial charge on any atom is -0.354 e. The molecule has 1 aliphatic heterocycles. The molecule has 0 spiro atoms. The second kappa shape index (κ2) is 9.16. The number of amides is 1. The van der Waals surface area contributed by atoms with Gasteiger partial charge in [-0.15, -0.1) is 0 Å². The van der Waals surface area contributed by atoms with E-state index in [9.17, 15) is 4.79 Å². The van der Waals surface area contributed by atoms with Crippen molar-refractivity contribution in [2.45, 2.75) is 75.4 Å². The van der Waals surface area contributed by atoms with Crippen LogP contribution in [-0.4, -0.2) is 34.5 Å². The smallest absolute Gasteiger partial charge is 0.251 e. The van der Waals surface area contributed by atoms with Crippen molar-refractivity contribution in [2.24, 2.45) is 0 Å². The number of hydrogen-bond donors (Lipinski definition) is 1. The molecule has 29 heavy (non-hydrogen) atoms. The summed E-state index contributed by atoms with van der Waals surface area (Å²) in [5.74, 6) is 1.90. The van der Waals surface area contributed by atoms with Gasteiger partial charge in [0.15, 0.2) is 5.16 Å². The fourth-order valence-corrected chi connectivity index (χ4v) is 4.52. The molecule has 2 heterocycles. The van der Waals surface area contributed by atoms with Crippen molar-refractivity contribution in [1.82, 2.24) is 15.3 Å². The molecule has 2 fully saturated rings. The van der Waals surface area contributed by atoms with Crippen LogP contribution in [0.15, 0.2) is 35.5 Å². The Kier molecular flexibility index (Phi) is 6.38. The molecule has 2 aliphatic rings. The molecular weight excluding hydrogens is 380 g/mol. The quantitative estimate of drug-likeness (QED) is 0.534. The second-order valence-electron chi connectivity index (χ2n) is 8.13. The van der Waals surface area contributed by atoms with Crippen LogP contribution in [0.3, 0.4) is 0 Å². The first-order valence-electron chi connectivity index (χ1n) is 10.8. The number of piperidine rings is 1. The topological polar surface area (TPSA) is 58.1 Å². The van der Waals surface area contributed by atoms with Gasteiger partial charge in [-0.05, 0) is 63.1 Å². The van der Waals surface area contributed by atoms with Crippen LogP contribution in [0, 0.1) is 0 Å². The van der Waals surface area contributed by atoms with Crippen LogP contribution < -0.4 is 10.2 Å². The highest BCUT2D eigenvalue weighted by Gasteiger charge is 2.24. The molecule has 1 saturated carbocycles. The van der Waals surface area contributed by atoms with Gasteiger partial charge in [0.25, 0.3) is 5.91 Å². The lowest BCUT2D eigenvalue weighted by Crippen LogP contribution is -2.38. The molecule has 2 aromatic rings. The molecule has 6 heteroatoms. The lowest BCUT2D eigenvalue weighted by molar-refractivity contribution is 0.0951. The third-order valence-electron chi connectivity index (χ3n) is 5.70. The van der Waals surface area contributed by atoms with Gasteiger partial charge in [0.2, 0.25) is 0 Å². The molecule has 154 valence electrons. The maximum atomic E-state index is 12.1. The van der Waals surface area contributed by atoms with Crippen LogP contribution in [0.25, 0.3) is 0 Å². The van der Waals surface area contributed by atoms with E-state index in [1.54, 1.807) is 11.8 Å². The van der Waals surface area contributed by atoms with E-state index in [0.29, 0.717) is 12.1 Å². The van der Waals surface area contributed by atoms with E-state index in [0.717, 1.165) is 53.8 Å². The molecule has 0 radical (unpaired) electrons. The monoisotopic (exact) mass is 410 g/mol. The minimum absolute atomic E-state index is 0.0333. The first-order valence-corrected chi connectivity index (χ1v) is 11.8. The standard InChI is InChI=1S/C23H30N4OS/c1-3-19-14-21(27-13-5-4-6-16(27)2)26-23(25-19)29-15-17-7-9-18(10-8-17)22(28)24-20-11-12-20/h7-10,14,16,20H,3-6,11-13,15H2,1-2H3,(H,24,28)/t16-/m1/s1. The highest BCUT2D eigenvalue weighted by molar-refractivity contribution is 7.98. The summed E-state index contributed by atoms with van der Waals surface area (Å²) in [5, 5.41) is 3.87. The van der Waals surface area contributed by atoms with Crippen molar-refractivity contribution in [3.8, 4) is 0 Å². The zero-order valence-corrected chi connectivity index (χ0v) is 18.2. The molecule has 5 nitrogen and oxygen atoms in total. The Bertz CT molecular complexity index is 850. The van der Waals surface area contributed by atoms with Crippen molar-refractivity contribution in [2.75, 3.05) is 11.4 Å². The van der Waals surface area contributed by atoms with Gasteiger partial charge < -0.3 is 10.2 Å². The Balaban J connectivity index is 1.42. The van der Waals surface area contributed by atoms with E-state index in [1.165, 1.54) is 24.8 Å². The number of hydrogen-bond acceptors (Lipinski definition) is 5. The molecule has 1 saturated heterocycles. The lowest BCUT2D eigenvalue weighted by Gasteiger charge is -2.34. The first kappa shape index (κ1) is 20.2. The van der Waals surface area contributed by atoms with Crippen LogP contribution in [0.2, 0.25) is 0 Å². The molecule has 0 unspecified atom stereocenters. The van der Waals surface area contributed by atoms with Crippen molar-refractivity contribution in [3.63, 3.8) is 0 Å². The zero-order valence-electron chi connectivity index (χ0n) is 17.4. The molecule has 1 amide bonds. The number of carbonyl (C=O) groups excluding carboxylic acids is 1. The number of rotatable bonds is 7. The van der Waals surface area contributed by atoms with Crippen molar-refractivity contribution in [3.05, 3.63) is 47.2 Å². The van der Waals surface area contributed by atoms with E-state index >= 15 is 0 Å². The Morgan fingerprint density at radius 1 is 1.17 bits per heavy atom. The summed E-state index contributed by atoms with van der Waals surface area (Å²) in [6.45, 7) is 5.52. The summed E-state index contributed by atoms with van der Waals surface area (Å²) in [7, 11) is 0. The number of carbonyl (C=O) groups is 1. The van der Waals surface area contributed by atoms with Crippen LogP contribution in [0.1, 0.15) is 67.6 Å². The number of benzene rings is 1. The summed E-state index contributed by atoms with van der Waals surface area (Å²) in [4.78, 5) is 24.2. The molecule has 4 rings (SSSR count). The van der Waals surface area contributed by atoms with Gasteiger partial charge in [-0.3, -0.25) is 4.79 Å². The van der Waals surface area contributed by atoms with Gasteiger partial charge in [-0.1, -0.05) is 30.8 Å². The normalized spacial score (nSPS) is 19.2. The summed E-state index contributed by atoms with van der Waals surface area (Å²) in [5.41, 5.74) is 3.01. The van der Waals surface area contributed by atoms with Crippen LogP contribution in [0.5, 0.6) is 0 Å². The van der Waals surface area contributed by atoms with Crippen molar-refractivity contribution < 1.29 is 4.79 Å². The fourth-order valence-electron chi connectivity index (χ4n) is 3.69. The number of anilines is 1. The Morgan fingerprint density at radius 3 is 2.66 bits per heavy atom. The average molecular weight is 411 g/mol. The second-order valence-corrected chi connectivity index (χ2v) is 9.07. The summed E-state index contributed by atoms with van der Waals surface area (Å²) >= 11 is 1.67. The number of aryl methyl sites for hydroxylation is 1. The zero-order chi connectivity index (χ0) is 20.2. The Morgan fingerprint density at radius 2 is 1.97 bits per heavy atom. The van der Waals surface area contributed by atoms with Gasteiger partial charge in [-0.2, -0.15) is 0 Å². The predicted molar refractivity (Wildman–Crippen MR) is 119 cm³/mol. The van der Waals surface area contributed by atoms with Gasteiger partial charge in [-0.25, -0.2) is 9.97 Å². The van der Waals surface area contributed by atoms with Gasteiger partial charge in [0, 0.05) is 41.7 Å². The van der Waals surface area contributed by atoms with Gasteiger partial charge >= 0.3 is 0 Å². The number of nitrogens with one attached hydrogen (secondary N) is 1. The number of aromatic nitrogens is 2. The van der Waals surface area contributed by atoms with Crippen LogP contribution >= 0.6 is 11.8 Å². The van der Waals surface area contributed by atoms with Crippen molar-refractivity contribution in [1.29, 1.82) is 0 Å². The summed E-state index contributed by atoms with van der Waals surface area (Å²) in [6.07, 6.45) is 6.90. The summed E-state index contributed by atoms with van der Waals surface area (Å²) < 4.78 is 0. The highest BCUT2D eigenvalue weighted by Crippen LogP contribution is 2.27. The molecule has 1 aromatic heterocycles. The molecule has 1 aromatic carbocycles. The Hall–Kier alpha value is -2.08. The molecule has 1 atom stereocenters. The van der Waals surface area contributed by atoms with Crippen LogP contribution in [0.4, 0.5) is 5.82 Å². The van der Waals surface area contributed by atoms with E-state index < -0.39 is 0 Å². The maximum absolute atomic E-state index is 12.1. The third-order valence-corrected chi connectivity index (χ3v) is 6.62. The molecule has 1 aliphatic carbocycles. The SMILES string of the molecule is CCc1cc(N2CCCC[C@H]2C)nc(SCc2ccc(C(=O)NC3CC3)cc2)n1. The first-order chi connectivity index (χ1) is 14.1. The van der Waals surface area contributed by atoms with Gasteiger partial charge in [0.05, 0.1) is 0 Å². The fraction of sp³-hybridized carbons (Fsp3) is 0.522. The lowest BCUT2D eigenvalue weighted by atomic mass is 10.0. The molecule has 1 N–H and O–H groups in total. The minimum atomic E-state index is 0.0333. The average Bonchev–Trinajstić information content (AvgIpc) is 3.56. The predicted octanol–water partition coefficient (Wildman–Crippen LogP) is 4.60. The number of nitrogens with zero attached hydrogens (tertiary/aromatic N) is 3. The maximum Gasteiger partial charge on any atom is 0.251 e. The van der Waals surface area contributed by atoms with E-state index in [1.807, 2.05) is 24.3 Å². The molecular formula is C23H30N4OS. The number of thioether (sulfide) groups is 1. The van der Waals surface area contributed by atoms with Crippen LogP contribution in [-0.2, 0) is 12.2 Å². The van der Waals surface area contributed by atoms with Gasteiger partial charge in [0.1, 0.15) is 5.82 Å². The molecule has 0 bridgehead atoms. The third kappa shape index (κ3) is 5.30. The Labute approximate surface area is 177 Å². The van der Waals surface area contributed by atoms with E-state index in [4.69, 9.17) is 9.97 Å². The largest absolute Gasteiger partial charge is 0.354 e. The highest BCUT2D eigenvalue weighted by atomic mass is 32.2. The van der Waals surface area contributed by atoms with E-state index in [2.05, 4.69) is 30.1 Å².